The molecular formula is C18H29NO2. The first-order chi connectivity index (χ1) is 10.2. The van der Waals surface area contributed by atoms with Crippen LogP contribution < -0.4 is 5.32 Å². The molecule has 3 heteroatoms. The van der Waals surface area contributed by atoms with Crippen LogP contribution in [0.1, 0.15) is 43.7 Å². The third kappa shape index (κ3) is 6.89. The van der Waals surface area contributed by atoms with Crippen molar-refractivity contribution >= 4 is 6.08 Å². The van der Waals surface area contributed by atoms with E-state index in [2.05, 4.69) is 36.5 Å². The van der Waals surface area contributed by atoms with Gasteiger partial charge in [-0.1, -0.05) is 62.6 Å². The summed E-state index contributed by atoms with van der Waals surface area (Å²) in [6.07, 6.45) is 9.20. The number of aryl methyl sites for hydroxylation is 1. The highest BCUT2D eigenvalue weighted by Gasteiger charge is 2.12. The van der Waals surface area contributed by atoms with Gasteiger partial charge in [0, 0.05) is 0 Å². The van der Waals surface area contributed by atoms with Gasteiger partial charge in [0.2, 0.25) is 0 Å². The zero-order valence-corrected chi connectivity index (χ0v) is 13.3. The fourth-order valence-electron chi connectivity index (χ4n) is 2.27. The van der Waals surface area contributed by atoms with Crippen molar-refractivity contribution in [3.63, 3.8) is 0 Å². The molecular weight excluding hydrogens is 262 g/mol. The molecule has 1 aromatic carbocycles. The van der Waals surface area contributed by atoms with E-state index in [1.165, 1.54) is 31.2 Å². The van der Waals surface area contributed by atoms with E-state index in [9.17, 15) is 5.11 Å². The predicted octanol–water partition coefficient (Wildman–Crippen LogP) is 2.76. The van der Waals surface area contributed by atoms with Crippen LogP contribution in [-0.2, 0) is 6.42 Å². The highest BCUT2D eigenvalue weighted by molar-refractivity contribution is 5.50. The molecule has 1 rings (SSSR count). The van der Waals surface area contributed by atoms with Crippen LogP contribution in [0.25, 0.3) is 6.08 Å². The van der Waals surface area contributed by atoms with Crippen molar-refractivity contribution in [2.45, 2.75) is 51.2 Å². The summed E-state index contributed by atoms with van der Waals surface area (Å²) in [6, 6.07) is 8.13. The second kappa shape index (κ2) is 10.6. The highest BCUT2D eigenvalue weighted by Crippen LogP contribution is 2.11. The van der Waals surface area contributed by atoms with Crippen molar-refractivity contribution in [3.05, 3.63) is 41.5 Å². The Morgan fingerprint density at radius 3 is 2.43 bits per heavy atom. The summed E-state index contributed by atoms with van der Waals surface area (Å²) in [6.45, 7) is 2.14. The average molecular weight is 291 g/mol. The Morgan fingerprint density at radius 1 is 1.14 bits per heavy atom. The number of nitrogens with one attached hydrogen (secondary N) is 1. The molecule has 0 aliphatic carbocycles. The van der Waals surface area contributed by atoms with Crippen LogP contribution >= 0.6 is 0 Å². The Labute approximate surface area is 128 Å². The first-order valence-electron chi connectivity index (χ1n) is 7.94. The van der Waals surface area contributed by atoms with Crippen LogP contribution in [0.3, 0.4) is 0 Å². The summed E-state index contributed by atoms with van der Waals surface area (Å²) in [7, 11) is 1.73. The number of rotatable bonds is 10. The van der Waals surface area contributed by atoms with Crippen LogP contribution in [0.4, 0.5) is 0 Å². The van der Waals surface area contributed by atoms with Gasteiger partial charge in [-0.2, -0.15) is 0 Å². The number of benzene rings is 1. The van der Waals surface area contributed by atoms with Crippen LogP contribution in [0.15, 0.2) is 30.3 Å². The van der Waals surface area contributed by atoms with E-state index >= 15 is 0 Å². The first-order valence-corrected chi connectivity index (χ1v) is 7.94. The van der Waals surface area contributed by atoms with E-state index < -0.39 is 6.10 Å². The molecule has 0 aromatic heterocycles. The zero-order chi connectivity index (χ0) is 15.5. The second-order valence-electron chi connectivity index (χ2n) is 5.48. The number of aliphatic hydroxyl groups is 2. The molecule has 0 radical (unpaired) electrons. The van der Waals surface area contributed by atoms with Crippen molar-refractivity contribution in [1.82, 2.24) is 5.32 Å². The number of hydrogen-bond donors (Lipinski definition) is 3. The maximum absolute atomic E-state index is 9.88. The minimum atomic E-state index is -0.686. The Balaban J connectivity index is 2.46. The molecule has 0 fully saturated rings. The van der Waals surface area contributed by atoms with Crippen molar-refractivity contribution in [2.24, 2.45) is 0 Å². The molecule has 118 valence electrons. The lowest BCUT2D eigenvalue weighted by molar-refractivity contribution is 0.128. The Bertz CT molecular complexity index is 396. The van der Waals surface area contributed by atoms with Gasteiger partial charge in [0.1, 0.15) is 0 Å². The Hall–Kier alpha value is -1.16. The summed E-state index contributed by atoms with van der Waals surface area (Å²) in [5.74, 6) is 0. The van der Waals surface area contributed by atoms with E-state index in [0.29, 0.717) is 0 Å². The van der Waals surface area contributed by atoms with Crippen molar-refractivity contribution in [3.8, 4) is 0 Å². The maximum atomic E-state index is 9.88. The van der Waals surface area contributed by atoms with Crippen LogP contribution in [0.5, 0.6) is 0 Å². The smallest absolute Gasteiger partial charge is 0.0899 e. The molecule has 1 aromatic rings. The lowest BCUT2D eigenvalue weighted by Crippen LogP contribution is -2.39. The molecule has 0 saturated carbocycles. The van der Waals surface area contributed by atoms with Gasteiger partial charge in [-0.15, -0.1) is 0 Å². The molecule has 0 heterocycles. The molecule has 0 aliphatic rings. The van der Waals surface area contributed by atoms with Gasteiger partial charge in [-0.3, -0.25) is 0 Å². The van der Waals surface area contributed by atoms with Gasteiger partial charge in [0.25, 0.3) is 0 Å². The van der Waals surface area contributed by atoms with Gasteiger partial charge in [-0.25, -0.2) is 0 Å². The maximum Gasteiger partial charge on any atom is 0.0899 e. The van der Waals surface area contributed by atoms with Gasteiger partial charge in [-0.05, 0) is 31.0 Å². The third-order valence-corrected chi connectivity index (χ3v) is 3.76. The van der Waals surface area contributed by atoms with E-state index in [0.717, 1.165) is 12.0 Å². The zero-order valence-electron chi connectivity index (χ0n) is 13.3. The highest BCUT2D eigenvalue weighted by atomic mass is 16.3. The predicted molar refractivity (Wildman–Crippen MR) is 89.3 cm³/mol. The quantitative estimate of drug-likeness (QED) is 0.581. The average Bonchev–Trinajstić information content (AvgIpc) is 2.52. The van der Waals surface area contributed by atoms with Crippen LogP contribution in [0, 0.1) is 0 Å². The van der Waals surface area contributed by atoms with Crippen molar-refractivity contribution < 1.29 is 10.2 Å². The van der Waals surface area contributed by atoms with Crippen molar-refractivity contribution in [1.29, 1.82) is 0 Å². The summed E-state index contributed by atoms with van der Waals surface area (Å²) >= 11 is 0. The molecule has 0 spiro atoms. The molecule has 0 bridgehead atoms. The summed E-state index contributed by atoms with van der Waals surface area (Å²) in [5.41, 5.74) is 2.44. The lowest BCUT2D eigenvalue weighted by atomic mass is 10.0. The van der Waals surface area contributed by atoms with Gasteiger partial charge in [0.05, 0.1) is 18.8 Å². The van der Waals surface area contributed by atoms with Crippen molar-refractivity contribution in [2.75, 3.05) is 13.7 Å². The van der Waals surface area contributed by atoms with E-state index in [1.54, 1.807) is 13.1 Å². The first kappa shape index (κ1) is 17.9. The number of hydrogen-bond acceptors (Lipinski definition) is 3. The molecule has 2 atom stereocenters. The van der Waals surface area contributed by atoms with Crippen LogP contribution in [0.2, 0.25) is 0 Å². The van der Waals surface area contributed by atoms with Crippen LogP contribution in [-0.4, -0.2) is 36.0 Å². The fraction of sp³-hybridized carbons (Fsp3) is 0.556. The number of unbranched alkanes of at least 4 members (excludes halogenated alkanes) is 3. The van der Waals surface area contributed by atoms with Gasteiger partial charge in [0.15, 0.2) is 0 Å². The Morgan fingerprint density at radius 2 is 1.86 bits per heavy atom. The monoisotopic (exact) mass is 291 g/mol. The molecule has 0 unspecified atom stereocenters. The second-order valence-corrected chi connectivity index (χ2v) is 5.48. The fourth-order valence-corrected chi connectivity index (χ4v) is 2.27. The SMILES string of the molecule is CCCCCCc1ccc(/C=C/[C@H](O)[C@@H](CO)NC)cc1. The Kier molecular flexibility index (Phi) is 8.99. The lowest BCUT2D eigenvalue weighted by Gasteiger charge is -2.16. The minimum absolute atomic E-state index is 0.0846. The third-order valence-electron chi connectivity index (χ3n) is 3.76. The molecule has 21 heavy (non-hydrogen) atoms. The van der Waals surface area contributed by atoms with E-state index in [4.69, 9.17) is 5.11 Å². The summed E-state index contributed by atoms with van der Waals surface area (Å²) in [4.78, 5) is 0. The molecule has 3 N–H and O–H groups in total. The number of aliphatic hydroxyl groups excluding tert-OH is 2. The van der Waals surface area contributed by atoms with Gasteiger partial charge < -0.3 is 15.5 Å². The molecule has 3 nitrogen and oxygen atoms in total. The minimum Gasteiger partial charge on any atom is -0.395 e. The normalized spacial score (nSPS) is 14.5. The molecule has 0 saturated heterocycles. The number of likely N-dealkylation sites (N-methyl/N-ethyl adjacent to an activating group) is 1. The topological polar surface area (TPSA) is 52.5 Å². The van der Waals surface area contributed by atoms with E-state index in [-0.39, 0.29) is 12.6 Å². The standard InChI is InChI=1S/C18H29NO2/c1-3-4-5-6-7-15-8-10-16(11-9-15)12-13-18(21)17(14-20)19-2/h8-13,17-21H,3-7,14H2,1-2H3/b13-12+/t17-,18+/m1/s1. The summed E-state index contributed by atoms with van der Waals surface area (Å²) in [5, 5.41) is 21.9. The van der Waals surface area contributed by atoms with Gasteiger partial charge >= 0.3 is 0 Å². The molecule has 0 aliphatic heterocycles. The largest absolute Gasteiger partial charge is 0.395 e. The summed E-state index contributed by atoms with van der Waals surface area (Å²) < 4.78 is 0. The van der Waals surface area contributed by atoms with E-state index in [1.807, 2.05) is 6.08 Å². The molecule has 0 amide bonds.